The molecule has 0 aliphatic heterocycles. The Kier molecular flexibility index (Phi) is 9.00. The van der Waals surface area contributed by atoms with Crippen molar-refractivity contribution in [3.63, 3.8) is 0 Å². The Morgan fingerprint density at radius 3 is 2.27 bits per heavy atom. The van der Waals surface area contributed by atoms with Gasteiger partial charge in [0.1, 0.15) is 0 Å². The number of ether oxygens (including phenoxy) is 1. The first-order chi connectivity index (χ1) is 19.3. The number of esters is 1. The number of benzene rings is 2. The summed E-state index contributed by atoms with van der Waals surface area (Å²) in [6.45, 7) is 0.0430. The van der Waals surface area contributed by atoms with Crippen LogP contribution in [-0.4, -0.2) is 55.8 Å². The van der Waals surface area contributed by atoms with Crippen molar-refractivity contribution in [2.75, 3.05) is 19.0 Å². The fourth-order valence-corrected chi connectivity index (χ4v) is 8.15. The maximum atomic E-state index is 13.7. The standard InChI is InChI=1S/C27H28ClF3N2O7S/c1-40-24(35)6-7-32-23(34)13-27(37)15-3-4-16(27)10-18(9-15)41(38,39)22-8-14(2-5-19(22)28)26(36)33-17-11-20(29)25(31)21(30)12-17/h2,5,8,11-12,15-16,18,37H,3-4,6-7,9-10,13H2,1H3,(H,32,34)(H,33,36). The maximum absolute atomic E-state index is 13.7. The number of aliphatic hydroxyl groups is 1. The molecule has 0 saturated heterocycles. The average molecular weight is 617 g/mol. The number of hydrogen-bond donors (Lipinski definition) is 3. The molecule has 0 spiro atoms. The molecule has 0 radical (unpaired) electrons. The van der Waals surface area contributed by atoms with E-state index in [4.69, 9.17) is 11.6 Å². The molecule has 2 unspecified atom stereocenters. The van der Waals surface area contributed by atoms with Crippen LogP contribution in [0.1, 0.15) is 48.9 Å². The average Bonchev–Trinajstić information content (AvgIpc) is 3.07. The Balaban J connectivity index is 1.48. The van der Waals surface area contributed by atoms with Crippen LogP contribution in [-0.2, 0) is 24.2 Å². The molecule has 2 aliphatic rings. The molecule has 2 amide bonds. The van der Waals surface area contributed by atoms with Gasteiger partial charge in [-0.05, 0) is 55.7 Å². The number of anilines is 1. The van der Waals surface area contributed by atoms with Crippen molar-refractivity contribution in [3.05, 3.63) is 58.4 Å². The molecule has 2 fully saturated rings. The van der Waals surface area contributed by atoms with Crippen LogP contribution in [0, 0.1) is 29.3 Å². The minimum atomic E-state index is -4.12. The zero-order valence-corrected chi connectivity index (χ0v) is 23.5. The molecule has 14 heteroatoms. The van der Waals surface area contributed by atoms with E-state index in [-0.39, 0.29) is 53.4 Å². The van der Waals surface area contributed by atoms with Gasteiger partial charge in [0.15, 0.2) is 27.3 Å². The minimum absolute atomic E-state index is 0.0244. The van der Waals surface area contributed by atoms with Crippen LogP contribution >= 0.6 is 11.6 Å². The van der Waals surface area contributed by atoms with E-state index in [0.717, 1.165) is 6.07 Å². The highest BCUT2D eigenvalue weighted by Gasteiger charge is 2.56. The fourth-order valence-electron chi connectivity index (χ4n) is 5.75. The number of carbonyl (C=O) groups is 3. The van der Waals surface area contributed by atoms with E-state index in [1.54, 1.807) is 0 Å². The van der Waals surface area contributed by atoms with E-state index >= 15 is 0 Å². The number of fused-ring (bicyclic) bond motifs is 2. The zero-order valence-electron chi connectivity index (χ0n) is 21.9. The second-order valence-corrected chi connectivity index (χ2v) is 12.9. The van der Waals surface area contributed by atoms with Crippen molar-refractivity contribution < 1.29 is 45.8 Å². The van der Waals surface area contributed by atoms with Gasteiger partial charge >= 0.3 is 5.97 Å². The summed E-state index contributed by atoms with van der Waals surface area (Å²) in [5, 5.41) is 15.1. The second-order valence-electron chi connectivity index (χ2n) is 10.3. The van der Waals surface area contributed by atoms with Crippen LogP contribution in [0.25, 0.3) is 0 Å². The lowest BCUT2D eigenvalue weighted by Crippen LogP contribution is -2.50. The van der Waals surface area contributed by atoms with E-state index in [9.17, 15) is 41.1 Å². The van der Waals surface area contributed by atoms with Gasteiger partial charge < -0.3 is 20.5 Å². The smallest absolute Gasteiger partial charge is 0.307 e. The van der Waals surface area contributed by atoms with Crippen LogP contribution in [0.15, 0.2) is 35.2 Å². The summed E-state index contributed by atoms with van der Waals surface area (Å²) in [7, 11) is -2.89. The van der Waals surface area contributed by atoms with Crippen LogP contribution in [0.5, 0.6) is 0 Å². The van der Waals surface area contributed by atoms with Crippen molar-refractivity contribution in [3.8, 4) is 0 Å². The van der Waals surface area contributed by atoms with E-state index < -0.39 is 67.8 Å². The van der Waals surface area contributed by atoms with E-state index in [0.29, 0.717) is 25.0 Å². The molecule has 3 N–H and O–H groups in total. The first kappa shape index (κ1) is 30.8. The minimum Gasteiger partial charge on any atom is -0.469 e. The number of carbonyl (C=O) groups excluding carboxylic acids is 3. The van der Waals surface area contributed by atoms with Crippen LogP contribution in [0.2, 0.25) is 5.02 Å². The number of methoxy groups -OCH3 is 1. The number of sulfone groups is 1. The summed E-state index contributed by atoms with van der Waals surface area (Å²) >= 11 is 6.23. The molecule has 4 rings (SSSR count). The largest absolute Gasteiger partial charge is 0.469 e. The van der Waals surface area contributed by atoms with E-state index in [2.05, 4.69) is 15.4 Å². The lowest BCUT2D eigenvalue weighted by atomic mass is 9.72. The normalized spacial score (nSPS) is 23.6. The monoisotopic (exact) mass is 616 g/mol. The number of halogens is 4. The van der Waals surface area contributed by atoms with E-state index in [1.807, 2.05) is 0 Å². The van der Waals surface area contributed by atoms with E-state index in [1.165, 1.54) is 19.2 Å². The zero-order chi connectivity index (χ0) is 30.1. The summed E-state index contributed by atoms with van der Waals surface area (Å²) in [6, 6.07) is 4.67. The van der Waals surface area contributed by atoms with Gasteiger partial charge in [0, 0.05) is 29.9 Å². The van der Waals surface area contributed by atoms with Gasteiger partial charge in [-0.15, -0.1) is 0 Å². The van der Waals surface area contributed by atoms with Gasteiger partial charge in [-0.25, -0.2) is 21.6 Å². The van der Waals surface area contributed by atoms with Gasteiger partial charge in [-0.2, -0.15) is 0 Å². The van der Waals surface area contributed by atoms with Gasteiger partial charge in [0.25, 0.3) is 5.91 Å². The maximum Gasteiger partial charge on any atom is 0.307 e. The Morgan fingerprint density at radius 1 is 1.07 bits per heavy atom. The van der Waals surface area contributed by atoms with Crippen molar-refractivity contribution >= 4 is 44.9 Å². The Labute approximate surface area is 239 Å². The highest BCUT2D eigenvalue weighted by atomic mass is 35.5. The Bertz CT molecular complexity index is 1450. The molecule has 2 atom stereocenters. The summed E-state index contributed by atoms with van der Waals surface area (Å²) in [5.41, 5.74) is -1.95. The van der Waals surface area contributed by atoms with Crippen molar-refractivity contribution in [2.24, 2.45) is 11.8 Å². The van der Waals surface area contributed by atoms with Crippen LogP contribution in [0.4, 0.5) is 18.9 Å². The molecular weight excluding hydrogens is 589 g/mol. The highest BCUT2D eigenvalue weighted by Crippen LogP contribution is 2.53. The van der Waals surface area contributed by atoms with Gasteiger partial charge in [-0.3, -0.25) is 14.4 Å². The summed E-state index contributed by atoms with van der Waals surface area (Å²) in [6.07, 6.45) is 0.894. The summed E-state index contributed by atoms with van der Waals surface area (Å²) in [4.78, 5) is 36.2. The fraction of sp³-hybridized carbons (Fsp3) is 0.444. The Morgan fingerprint density at radius 2 is 1.68 bits per heavy atom. The van der Waals surface area contributed by atoms with Crippen LogP contribution < -0.4 is 10.6 Å². The quantitative estimate of drug-likeness (QED) is 0.288. The first-order valence-corrected chi connectivity index (χ1v) is 14.7. The predicted octanol–water partition coefficient (Wildman–Crippen LogP) is 3.77. The first-order valence-electron chi connectivity index (χ1n) is 12.8. The molecular formula is C27H28ClF3N2O7S. The molecule has 2 aromatic carbocycles. The topological polar surface area (TPSA) is 139 Å². The van der Waals surface area contributed by atoms with Gasteiger partial charge in [0.2, 0.25) is 5.91 Å². The van der Waals surface area contributed by atoms with Crippen molar-refractivity contribution in [2.45, 2.75) is 54.3 Å². The molecule has 2 aliphatic carbocycles. The van der Waals surface area contributed by atoms with Gasteiger partial charge in [0.05, 0.1) is 40.7 Å². The lowest BCUT2D eigenvalue weighted by molar-refractivity contribution is -0.140. The summed E-state index contributed by atoms with van der Waals surface area (Å²) < 4.78 is 72.2. The number of nitrogens with one attached hydrogen (secondary N) is 2. The molecule has 222 valence electrons. The SMILES string of the molecule is COC(=O)CCNC(=O)CC1(O)C2CCC1CC(S(=O)(=O)c1cc(C(=O)Nc3cc(F)c(F)c(F)c3)ccc1Cl)C2. The van der Waals surface area contributed by atoms with Crippen molar-refractivity contribution in [1.29, 1.82) is 0 Å². The molecule has 9 nitrogen and oxygen atoms in total. The third-order valence-electron chi connectivity index (χ3n) is 7.88. The second kappa shape index (κ2) is 12.0. The molecule has 41 heavy (non-hydrogen) atoms. The third-order valence-corrected chi connectivity index (χ3v) is 10.5. The predicted molar refractivity (Wildman–Crippen MR) is 141 cm³/mol. The highest BCUT2D eigenvalue weighted by molar-refractivity contribution is 7.92. The van der Waals surface area contributed by atoms with Gasteiger partial charge in [-0.1, -0.05) is 11.6 Å². The molecule has 2 aromatic rings. The van der Waals surface area contributed by atoms with Crippen molar-refractivity contribution in [1.82, 2.24) is 5.32 Å². The Hall–Kier alpha value is -3.16. The molecule has 0 aromatic heterocycles. The molecule has 0 heterocycles. The number of amides is 2. The van der Waals surface area contributed by atoms with Crippen LogP contribution in [0.3, 0.4) is 0 Å². The lowest BCUT2D eigenvalue weighted by Gasteiger charge is -2.42. The summed E-state index contributed by atoms with van der Waals surface area (Å²) in [5.74, 6) is -7.54. The molecule has 2 saturated carbocycles. The number of rotatable bonds is 9. The third kappa shape index (κ3) is 6.36. The number of hydrogen-bond acceptors (Lipinski definition) is 7. The molecule has 2 bridgehead atoms.